The lowest BCUT2D eigenvalue weighted by atomic mass is 9.83. The SMILES string of the molecule is CCCNC(Cc1cccc(Cl)c1)C1CCCCCCC1. The van der Waals surface area contributed by atoms with Gasteiger partial charge in [-0.1, -0.05) is 62.8 Å². The van der Waals surface area contributed by atoms with Gasteiger partial charge in [-0.15, -0.1) is 0 Å². The predicted molar refractivity (Wildman–Crippen MR) is 93.0 cm³/mol. The fourth-order valence-corrected chi connectivity index (χ4v) is 3.76. The van der Waals surface area contributed by atoms with E-state index in [2.05, 4.69) is 30.4 Å². The van der Waals surface area contributed by atoms with Gasteiger partial charge in [0.25, 0.3) is 0 Å². The highest BCUT2D eigenvalue weighted by Crippen LogP contribution is 2.27. The van der Waals surface area contributed by atoms with Crippen molar-refractivity contribution in [1.82, 2.24) is 5.32 Å². The Morgan fingerprint density at radius 2 is 1.86 bits per heavy atom. The standard InChI is InChI=1S/C19H30ClN/c1-2-13-21-19(15-16-9-8-12-18(20)14-16)17-10-6-4-3-5-7-11-17/h8-9,12,14,17,19,21H,2-7,10-11,13,15H2,1H3. The molecule has 1 aromatic carbocycles. The molecule has 0 spiro atoms. The smallest absolute Gasteiger partial charge is 0.0408 e. The first-order chi connectivity index (χ1) is 10.3. The number of hydrogen-bond donors (Lipinski definition) is 1. The summed E-state index contributed by atoms with van der Waals surface area (Å²) in [5.41, 5.74) is 1.37. The number of benzene rings is 1. The summed E-state index contributed by atoms with van der Waals surface area (Å²) in [6, 6.07) is 9.00. The average Bonchev–Trinajstić information content (AvgIpc) is 2.43. The predicted octanol–water partition coefficient (Wildman–Crippen LogP) is 5.61. The molecule has 1 aromatic rings. The van der Waals surface area contributed by atoms with Crippen LogP contribution in [0.5, 0.6) is 0 Å². The van der Waals surface area contributed by atoms with Crippen LogP contribution in [0.15, 0.2) is 24.3 Å². The molecule has 1 unspecified atom stereocenters. The molecular formula is C19H30ClN. The van der Waals surface area contributed by atoms with Gasteiger partial charge in [0.15, 0.2) is 0 Å². The third kappa shape index (κ3) is 6.00. The molecule has 1 fully saturated rings. The van der Waals surface area contributed by atoms with Gasteiger partial charge >= 0.3 is 0 Å². The molecule has 0 amide bonds. The summed E-state index contributed by atoms with van der Waals surface area (Å²) in [5, 5.41) is 4.67. The Morgan fingerprint density at radius 3 is 2.52 bits per heavy atom. The Morgan fingerprint density at radius 1 is 1.14 bits per heavy atom. The summed E-state index contributed by atoms with van der Waals surface area (Å²) in [6.45, 7) is 3.38. The first-order valence-corrected chi connectivity index (χ1v) is 9.15. The second kappa shape index (κ2) is 9.48. The van der Waals surface area contributed by atoms with Crippen LogP contribution in [-0.4, -0.2) is 12.6 Å². The van der Waals surface area contributed by atoms with Crippen LogP contribution in [-0.2, 0) is 6.42 Å². The molecule has 0 aliphatic heterocycles. The minimum atomic E-state index is 0.613. The molecule has 1 atom stereocenters. The van der Waals surface area contributed by atoms with E-state index in [9.17, 15) is 0 Å². The van der Waals surface area contributed by atoms with Crippen LogP contribution < -0.4 is 5.32 Å². The van der Waals surface area contributed by atoms with E-state index in [0.29, 0.717) is 6.04 Å². The Kier molecular flexibility index (Phi) is 7.60. The van der Waals surface area contributed by atoms with Crippen molar-refractivity contribution in [2.75, 3.05) is 6.54 Å². The molecule has 1 saturated carbocycles. The van der Waals surface area contributed by atoms with Crippen LogP contribution in [0.2, 0.25) is 5.02 Å². The van der Waals surface area contributed by atoms with E-state index in [0.717, 1.165) is 23.9 Å². The maximum Gasteiger partial charge on any atom is 0.0408 e. The van der Waals surface area contributed by atoms with Gasteiger partial charge in [-0.25, -0.2) is 0 Å². The van der Waals surface area contributed by atoms with E-state index < -0.39 is 0 Å². The molecule has 0 heterocycles. The van der Waals surface area contributed by atoms with Crippen molar-refractivity contribution < 1.29 is 0 Å². The summed E-state index contributed by atoms with van der Waals surface area (Å²) >= 11 is 6.15. The molecule has 1 N–H and O–H groups in total. The van der Waals surface area contributed by atoms with E-state index in [1.807, 2.05) is 6.07 Å². The normalized spacial score (nSPS) is 19.0. The van der Waals surface area contributed by atoms with Crippen molar-refractivity contribution in [3.8, 4) is 0 Å². The Bertz CT molecular complexity index is 396. The molecule has 0 bridgehead atoms. The molecule has 1 aliphatic carbocycles. The van der Waals surface area contributed by atoms with E-state index >= 15 is 0 Å². The summed E-state index contributed by atoms with van der Waals surface area (Å²) in [5.74, 6) is 0.829. The average molecular weight is 308 g/mol. The molecule has 0 aromatic heterocycles. The number of hydrogen-bond acceptors (Lipinski definition) is 1. The molecule has 0 radical (unpaired) electrons. The zero-order chi connectivity index (χ0) is 14.9. The number of rotatable bonds is 6. The van der Waals surface area contributed by atoms with Crippen molar-refractivity contribution >= 4 is 11.6 Å². The number of nitrogens with one attached hydrogen (secondary N) is 1. The first kappa shape index (κ1) is 16.8. The van der Waals surface area contributed by atoms with Crippen LogP contribution in [0.4, 0.5) is 0 Å². The molecule has 1 aliphatic rings. The Balaban J connectivity index is 2.01. The lowest BCUT2D eigenvalue weighted by molar-refractivity contribution is 0.283. The highest BCUT2D eigenvalue weighted by atomic mass is 35.5. The summed E-state index contributed by atoms with van der Waals surface area (Å²) in [7, 11) is 0. The van der Waals surface area contributed by atoms with Crippen molar-refractivity contribution in [2.45, 2.75) is 70.8 Å². The van der Waals surface area contributed by atoms with Gasteiger partial charge in [0, 0.05) is 11.1 Å². The van der Waals surface area contributed by atoms with Crippen molar-refractivity contribution in [1.29, 1.82) is 0 Å². The number of halogens is 1. The molecule has 0 saturated heterocycles. The summed E-state index contributed by atoms with van der Waals surface area (Å²) in [4.78, 5) is 0. The molecule has 1 nitrogen and oxygen atoms in total. The van der Waals surface area contributed by atoms with Crippen LogP contribution in [0.25, 0.3) is 0 Å². The topological polar surface area (TPSA) is 12.0 Å². The maximum atomic E-state index is 6.15. The van der Waals surface area contributed by atoms with Crippen LogP contribution in [0.3, 0.4) is 0 Å². The lowest BCUT2D eigenvalue weighted by Crippen LogP contribution is -2.39. The Hall–Kier alpha value is -0.530. The van der Waals surface area contributed by atoms with Crippen LogP contribution in [0.1, 0.15) is 63.9 Å². The van der Waals surface area contributed by atoms with Gasteiger partial charge < -0.3 is 5.32 Å². The third-order valence-corrected chi connectivity index (χ3v) is 4.96. The zero-order valence-corrected chi connectivity index (χ0v) is 14.2. The maximum absolute atomic E-state index is 6.15. The fraction of sp³-hybridized carbons (Fsp3) is 0.684. The lowest BCUT2D eigenvalue weighted by Gasteiger charge is -2.30. The minimum Gasteiger partial charge on any atom is -0.313 e. The van der Waals surface area contributed by atoms with Crippen molar-refractivity contribution in [3.05, 3.63) is 34.9 Å². The molecule has 21 heavy (non-hydrogen) atoms. The third-order valence-electron chi connectivity index (χ3n) is 4.72. The van der Waals surface area contributed by atoms with E-state index in [4.69, 9.17) is 11.6 Å². The van der Waals surface area contributed by atoms with Gasteiger partial charge in [-0.05, 0) is 55.8 Å². The van der Waals surface area contributed by atoms with E-state index in [1.54, 1.807) is 0 Å². The van der Waals surface area contributed by atoms with Crippen molar-refractivity contribution in [2.24, 2.45) is 5.92 Å². The highest BCUT2D eigenvalue weighted by Gasteiger charge is 2.21. The summed E-state index contributed by atoms with van der Waals surface area (Å²) in [6.07, 6.45) is 12.2. The highest BCUT2D eigenvalue weighted by molar-refractivity contribution is 6.30. The first-order valence-electron chi connectivity index (χ1n) is 8.77. The van der Waals surface area contributed by atoms with Gasteiger partial charge in [-0.2, -0.15) is 0 Å². The largest absolute Gasteiger partial charge is 0.313 e. The minimum absolute atomic E-state index is 0.613. The van der Waals surface area contributed by atoms with Gasteiger partial charge in [0.2, 0.25) is 0 Å². The fourth-order valence-electron chi connectivity index (χ4n) is 3.54. The molecule has 2 rings (SSSR count). The van der Waals surface area contributed by atoms with E-state index in [1.165, 1.54) is 56.9 Å². The van der Waals surface area contributed by atoms with Gasteiger partial charge in [0.1, 0.15) is 0 Å². The second-order valence-corrected chi connectivity index (χ2v) is 6.94. The molecule has 2 heteroatoms. The molecular weight excluding hydrogens is 278 g/mol. The molecule has 118 valence electrons. The van der Waals surface area contributed by atoms with Gasteiger partial charge in [-0.3, -0.25) is 0 Å². The van der Waals surface area contributed by atoms with E-state index in [-0.39, 0.29) is 0 Å². The van der Waals surface area contributed by atoms with Gasteiger partial charge in [0.05, 0.1) is 0 Å². The second-order valence-electron chi connectivity index (χ2n) is 6.50. The quantitative estimate of drug-likeness (QED) is 0.720. The summed E-state index contributed by atoms with van der Waals surface area (Å²) < 4.78 is 0. The monoisotopic (exact) mass is 307 g/mol. The van der Waals surface area contributed by atoms with Crippen LogP contribution in [0, 0.1) is 5.92 Å². The van der Waals surface area contributed by atoms with Crippen molar-refractivity contribution in [3.63, 3.8) is 0 Å². The van der Waals surface area contributed by atoms with Crippen LogP contribution >= 0.6 is 11.6 Å². The zero-order valence-electron chi connectivity index (χ0n) is 13.4. The Labute approximate surface area is 135 Å².